The fraction of sp³-hybridized carbons (Fsp3) is 0.889. The van der Waals surface area contributed by atoms with Crippen LogP contribution in [0.4, 0.5) is 0 Å². The van der Waals surface area contributed by atoms with E-state index in [-0.39, 0.29) is 0 Å². The van der Waals surface area contributed by atoms with E-state index >= 15 is 0 Å². The van der Waals surface area contributed by atoms with Gasteiger partial charge in [-0.3, -0.25) is 0 Å². The summed E-state index contributed by atoms with van der Waals surface area (Å²) in [6, 6.07) is 0. The van der Waals surface area contributed by atoms with Gasteiger partial charge in [0.15, 0.2) is 5.11 Å². The van der Waals surface area contributed by atoms with Gasteiger partial charge in [-0.05, 0) is 44.1 Å². The molecule has 0 aromatic carbocycles. The second kappa shape index (κ2) is 5.40. The van der Waals surface area contributed by atoms with Crippen LogP contribution in [0.1, 0.15) is 19.8 Å². The van der Waals surface area contributed by atoms with Crippen molar-refractivity contribution in [1.29, 1.82) is 0 Å². The summed E-state index contributed by atoms with van der Waals surface area (Å²) in [7, 11) is 0. The number of hydrogen-bond acceptors (Lipinski definition) is 2. The lowest BCUT2D eigenvalue weighted by molar-refractivity contribution is 0.288. The van der Waals surface area contributed by atoms with E-state index in [1.165, 1.54) is 25.9 Å². The molecule has 1 aliphatic heterocycles. The van der Waals surface area contributed by atoms with Gasteiger partial charge in [-0.25, -0.2) is 0 Å². The summed E-state index contributed by atoms with van der Waals surface area (Å²) < 4.78 is 0. The monoisotopic (exact) mass is 201 g/mol. The van der Waals surface area contributed by atoms with Crippen LogP contribution in [-0.4, -0.2) is 36.2 Å². The molecule has 0 amide bonds. The van der Waals surface area contributed by atoms with Crippen molar-refractivity contribution in [3.05, 3.63) is 0 Å². The Hall–Kier alpha value is -0.350. The molecule has 0 aromatic heterocycles. The predicted octanol–water partition coefficient (Wildman–Crippen LogP) is 0.551. The quantitative estimate of drug-likeness (QED) is 0.652. The fourth-order valence-electron chi connectivity index (χ4n) is 1.75. The van der Waals surface area contributed by atoms with Gasteiger partial charge >= 0.3 is 0 Å². The molecular weight excluding hydrogens is 182 g/mol. The first kappa shape index (κ1) is 10.7. The van der Waals surface area contributed by atoms with Crippen molar-refractivity contribution in [1.82, 2.24) is 10.2 Å². The molecule has 0 bridgehead atoms. The summed E-state index contributed by atoms with van der Waals surface area (Å²) in [5.41, 5.74) is 5.36. The van der Waals surface area contributed by atoms with E-state index in [2.05, 4.69) is 17.1 Å². The van der Waals surface area contributed by atoms with Crippen LogP contribution < -0.4 is 11.1 Å². The summed E-state index contributed by atoms with van der Waals surface area (Å²) >= 11 is 4.75. The minimum atomic E-state index is 0.410. The SMILES string of the molecule is CC(CNC(N)=S)CN1CCCC1. The zero-order chi connectivity index (χ0) is 9.68. The minimum Gasteiger partial charge on any atom is -0.376 e. The maximum absolute atomic E-state index is 5.36. The largest absolute Gasteiger partial charge is 0.376 e. The number of nitrogens with two attached hydrogens (primary N) is 1. The first-order valence-corrected chi connectivity index (χ1v) is 5.35. The van der Waals surface area contributed by atoms with Crippen molar-refractivity contribution in [2.45, 2.75) is 19.8 Å². The zero-order valence-electron chi connectivity index (χ0n) is 8.25. The molecule has 3 N–H and O–H groups in total. The molecule has 0 saturated carbocycles. The first-order chi connectivity index (χ1) is 6.18. The predicted molar refractivity (Wildman–Crippen MR) is 59.6 cm³/mol. The van der Waals surface area contributed by atoms with E-state index in [9.17, 15) is 0 Å². The first-order valence-electron chi connectivity index (χ1n) is 4.94. The number of likely N-dealkylation sites (tertiary alicyclic amines) is 1. The average Bonchev–Trinajstić information content (AvgIpc) is 2.53. The van der Waals surface area contributed by atoms with E-state index in [1.54, 1.807) is 0 Å². The Morgan fingerprint density at radius 1 is 1.54 bits per heavy atom. The minimum absolute atomic E-state index is 0.410. The molecule has 13 heavy (non-hydrogen) atoms. The smallest absolute Gasteiger partial charge is 0.163 e. The molecule has 1 unspecified atom stereocenters. The maximum atomic E-state index is 5.36. The lowest BCUT2D eigenvalue weighted by Crippen LogP contribution is -2.36. The number of rotatable bonds is 4. The summed E-state index contributed by atoms with van der Waals surface area (Å²) in [5, 5.41) is 3.41. The number of nitrogens with one attached hydrogen (secondary N) is 1. The van der Waals surface area contributed by atoms with Crippen LogP contribution in [0.15, 0.2) is 0 Å². The normalized spacial score (nSPS) is 20.1. The van der Waals surface area contributed by atoms with Crippen molar-refractivity contribution in [3.63, 3.8) is 0 Å². The molecule has 1 rings (SSSR count). The van der Waals surface area contributed by atoms with Crippen LogP contribution in [0.3, 0.4) is 0 Å². The highest BCUT2D eigenvalue weighted by Gasteiger charge is 2.14. The highest BCUT2D eigenvalue weighted by Crippen LogP contribution is 2.09. The van der Waals surface area contributed by atoms with Crippen molar-refractivity contribution in [2.24, 2.45) is 11.7 Å². The van der Waals surface area contributed by atoms with Crippen molar-refractivity contribution in [3.8, 4) is 0 Å². The third-order valence-electron chi connectivity index (χ3n) is 2.39. The molecule has 76 valence electrons. The highest BCUT2D eigenvalue weighted by molar-refractivity contribution is 7.80. The standard InChI is InChI=1S/C9H19N3S/c1-8(6-11-9(10)13)7-12-4-2-3-5-12/h8H,2-7H2,1H3,(H3,10,11,13). The van der Waals surface area contributed by atoms with Crippen LogP contribution in [0.2, 0.25) is 0 Å². The van der Waals surface area contributed by atoms with Crippen LogP contribution in [0, 0.1) is 5.92 Å². The second-order valence-electron chi connectivity index (χ2n) is 3.86. The third kappa shape index (κ3) is 4.43. The van der Waals surface area contributed by atoms with Gasteiger partial charge in [0.2, 0.25) is 0 Å². The Bertz CT molecular complexity index is 166. The van der Waals surface area contributed by atoms with Gasteiger partial charge in [-0.2, -0.15) is 0 Å². The summed E-state index contributed by atoms with van der Waals surface area (Å²) in [4.78, 5) is 2.51. The Kier molecular flexibility index (Phi) is 4.45. The maximum Gasteiger partial charge on any atom is 0.163 e. The molecule has 1 atom stereocenters. The zero-order valence-corrected chi connectivity index (χ0v) is 9.07. The molecule has 4 heteroatoms. The van der Waals surface area contributed by atoms with Gasteiger partial charge in [0, 0.05) is 13.1 Å². The molecule has 3 nitrogen and oxygen atoms in total. The Morgan fingerprint density at radius 3 is 2.69 bits per heavy atom. The Labute approximate surface area is 85.7 Å². The van der Waals surface area contributed by atoms with E-state index in [4.69, 9.17) is 18.0 Å². The number of nitrogens with zero attached hydrogens (tertiary/aromatic N) is 1. The highest BCUT2D eigenvalue weighted by atomic mass is 32.1. The van der Waals surface area contributed by atoms with E-state index in [1.807, 2.05) is 0 Å². The van der Waals surface area contributed by atoms with Gasteiger partial charge < -0.3 is 16.0 Å². The van der Waals surface area contributed by atoms with Crippen LogP contribution in [0.25, 0.3) is 0 Å². The van der Waals surface area contributed by atoms with Crippen LogP contribution >= 0.6 is 12.2 Å². The van der Waals surface area contributed by atoms with Gasteiger partial charge in [-0.15, -0.1) is 0 Å². The van der Waals surface area contributed by atoms with E-state index in [0.29, 0.717) is 11.0 Å². The summed E-state index contributed by atoms with van der Waals surface area (Å²) in [6.45, 7) is 6.81. The molecule has 1 fully saturated rings. The Morgan fingerprint density at radius 2 is 2.15 bits per heavy atom. The fourth-order valence-corrected chi connectivity index (χ4v) is 1.83. The van der Waals surface area contributed by atoms with E-state index in [0.717, 1.165) is 13.1 Å². The molecule has 1 saturated heterocycles. The second-order valence-corrected chi connectivity index (χ2v) is 4.30. The van der Waals surface area contributed by atoms with Crippen molar-refractivity contribution in [2.75, 3.05) is 26.2 Å². The summed E-state index contributed by atoms with van der Waals surface area (Å²) in [6.07, 6.45) is 2.71. The van der Waals surface area contributed by atoms with Gasteiger partial charge in [0.25, 0.3) is 0 Å². The molecule has 0 spiro atoms. The van der Waals surface area contributed by atoms with Gasteiger partial charge in [-0.1, -0.05) is 6.92 Å². The van der Waals surface area contributed by atoms with Crippen molar-refractivity contribution < 1.29 is 0 Å². The van der Waals surface area contributed by atoms with Crippen molar-refractivity contribution >= 4 is 17.3 Å². The molecule has 0 aliphatic carbocycles. The average molecular weight is 201 g/mol. The van der Waals surface area contributed by atoms with Gasteiger partial charge in [0.1, 0.15) is 0 Å². The molecular formula is C9H19N3S. The number of hydrogen-bond donors (Lipinski definition) is 2. The topological polar surface area (TPSA) is 41.3 Å². The molecule has 1 aliphatic rings. The van der Waals surface area contributed by atoms with E-state index < -0.39 is 0 Å². The molecule has 1 heterocycles. The lowest BCUT2D eigenvalue weighted by atomic mass is 10.1. The Balaban J connectivity index is 2.09. The molecule has 0 radical (unpaired) electrons. The lowest BCUT2D eigenvalue weighted by Gasteiger charge is -2.20. The molecule has 0 aromatic rings. The summed E-state index contributed by atoms with van der Waals surface area (Å²) in [5.74, 6) is 0.625. The van der Waals surface area contributed by atoms with Crippen LogP contribution in [-0.2, 0) is 0 Å². The number of thiocarbonyl (C=S) groups is 1. The third-order valence-corrected chi connectivity index (χ3v) is 2.54. The van der Waals surface area contributed by atoms with Crippen LogP contribution in [0.5, 0.6) is 0 Å². The van der Waals surface area contributed by atoms with Gasteiger partial charge in [0.05, 0.1) is 0 Å².